The van der Waals surface area contributed by atoms with Crippen molar-refractivity contribution in [2.45, 2.75) is 39.4 Å². The highest BCUT2D eigenvalue weighted by molar-refractivity contribution is 5.85. The Morgan fingerprint density at radius 1 is 1.27 bits per heavy atom. The van der Waals surface area contributed by atoms with E-state index in [1.165, 1.54) is 10.5 Å². The summed E-state index contributed by atoms with van der Waals surface area (Å²) in [5, 5.41) is 24.2. The average Bonchev–Trinajstić information content (AvgIpc) is 3.20. The first-order chi connectivity index (χ1) is 14.9. The van der Waals surface area contributed by atoms with E-state index in [9.17, 15) is 9.90 Å². The quantitative estimate of drug-likeness (QED) is 0.566. The molecule has 2 aliphatic heterocycles. The van der Waals surface area contributed by atoms with Gasteiger partial charge in [0.25, 0.3) is 0 Å². The van der Waals surface area contributed by atoms with Crippen LogP contribution in [0.4, 0.5) is 16.5 Å². The summed E-state index contributed by atoms with van der Waals surface area (Å²) in [6.07, 6.45) is -0.848. The molecule has 1 amide bonds. The highest BCUT2D eigenvalue weighted by Gasteiger charge is 2.27. The second-order valence-corrected chi connectivity index (χ2v) is 8.31. The van der Waals surface area contributed by atoms with Gasteiger partial charge in [-0.25, -0.2) is 4.79 Å². The van der Waals surface area contributed by atoms with Crippen molar-refractivity contribution in [2.75, 3.05) is 44.7 Å². The number of nitrogens with zero attached hydrogens (tertiary/aromatic N) is 4. The average molecular weight is 503 g/mol. The van der Waals surface area contributed by atoms with Crippen LogP contribution in [-0.2, 0) is 11.3 Å². The molecule has 4 rings (SSSR count). The minimum atomic E-state index is -0.848. The number of halogens is 2. The maximum absolute atomic E-state index is 11.3. The second kappa shape index (κ2) is 11.8. The van der Waals surface area contributed by atoms with E-state index in [1.807, 2.05) is 6.92 Å². The van der Waals surface area contributed by atoms with E-state index in [4.69, 9.17) is 9.15 Å². The summed E-state index contributed by atoms with van der Waals surface area (Å²) < 4.78 is 11.3. The van der Waals surface area contributed by atoms with Crippen molar-refractivity contribution in [2.24, 2.45) is 0 Å². The first kappa shape index (κ1) is 27.1. The topological polar surface area (TPSA) is 116 Å². The zero-order valence-electron chi connectivity index (χ0n) is 19.0. The van der Waals surface area contributed by atoms with Crippen LogP contribution in [0.5, 0.6) is 0 Å². The van der Waals surface area contributed by atoms with Crippen LogP contribution in [0.15, 0.2) is 16.5 Å². The molecule has 1 aromatic carbocycles. The molecule has 2 aromatic rings. The third-order valence-electron chi connectivity index (χ3n) is 5.91. The van der Waals surface area contributed by atoms with E-state index in [-0.39, 0.29) is 36.9 Å². The van der Waals surface area contributed by atoms with Gasteiger partial charge in [0.05, 0.1) is 13.2 Å². The van der Waals surface area contributed by atoms with Crippen LogP contribution in [0.3, 0.4) is 0 Å². The summed E-state index contributed by atoms with van der Waals surface area (Å²) in [6, 6.07) is 4.48. The SMILES string of the molecule is Cc1cc(CN2CCN(C(=O)O)[C@@H](C)C2)c(C)c(Nc2nnc([C@@H]3COCCN3)o2)c1.Cl.Cl. The first-order valence-corrected chi connectivity index (χ1v) is 10.6. The van der Waals surface area contributed by atoms with Gasteiger partial charge >= 0.3 is 12.1 Å². The Hall–Kier alpha value is -2.11. The van der Waals surface area contributed by atoms with E-state index in [0.29, 0.717) is 38.2 Å². The van der Waals surface area contributed by atoms with E-state index in [1.54, 1.807) is 0 Å². The van der Waals surface area contributed by atoms with Gasteiger partial charge in [-0.3, -0.25) is 4.90 Å². The van der Waals surface area contributed by atoms with Crippen molar-refractivity contribution in [3.05, 3.63) is 34.7 Å². The van der Waals surface area contributed by atoms with Gasteiger partial charge in [-0.15, -0.1) is 29.9 Å². The number of aryl methyl sites for hydroxylation is 1. The fourth-order valence-electron chi connectivity index (χ4n) is 4.19. The summed E-state index contributed by atoms with van der Waals surface area (Å²) in [5.41, 5.74) is 4.36. The molecule has 0 bridgehead atoms. The Kier molecular flexibility index (Phi) is 9.74. The van der Waals surface area contributed by atoms with Gasteiger partial charge in [0.2, 0.25) is 5.89 Å². The third kappa shape index (κ3) is 6.48. The number of aromatic nitrogens is 2. The van der Waals surface area contributed by atoms with Gasteiger partial charge in [0, 0.05) is 44.5 Å². The molecule has 1 aromatic heterocycles. The lowest BCUT2D eigenvalue weighted by Gasteiger charge is -2.38. The predicted molar refractivity (Wildman–Crippen MR) is 129 cm³/mol. The molecule has 2 saturated heterocycles. The predicted octanol–water partition coefficient (Wildman–Crippen LogP) is 3.12. The van der Waals surface area contributed by atoms with Crippen LogP contribution in [0, 0.1) is 13.8 Å². The van der Waals surface area contributed by atoms with E-state index in [0.717, 1.165) is 36.4 Å². The summed E-state index contributed by atoms with van der Waals surface area (Å²) in [4.78, 5) is 15.1. The van der Waals surface area contributed by atoms with Crippen LogP contribution in [0.25, 0.3) is 0 Å². The van der Waals surface area contributed by atoms with Crippen LogP contribution >= 0.6 is 24.8 Å². The Balaban J connectivity index is 0.00000193. The van der Waals surface area contributed by atoms with Gasteiger partial charge < -0.3 is 29.8 Å². The van der Waals surface area contributed by atoms with Crippen molar-refractivity contribution in [1.82, 2.24) is 25.3 Å². The molecule has 2 fully saturated rings. The number of morpholine rings is 1. The molecule has 184 valence electrons. The monoisotopic (exact) mass is 502 g/mol. The highest BCUT2D eigenvalue weighted by Crippen LogP contribution is 2.27. The number of rotatable bonds is 5. The Labute approximate surface area is 205 Å². The molecule has 0 radical (unpaired) electrons. The maximum atomic E-state index is 11.3. The van der Waals surface area contributed by atoms with Crippen molar-refractivity contribution < 1.29 is 19.1 Å². The molecule has 0 aliphatic carbocycles. The largest absolute Gasteiger partial charge is 0.465 e. The second-order valence-electron chi connectivity index (χ2n) is 8.31. The molecule has 33 heavy (non-hydrogen) atoms. The van der Waals surface area contributed by atoms with Gasteiger partial charge in [-0.2, -0.15) is 0 Å². The molecule has 0 spiro atoms. The number of carboxylic acid groups (broad SMARTS) is 1. The zero-order valence-corrected chi connectivity index (χ0v) is 20.7. The number of hydrogen-bond donors (Lipinski definition) is 3. The maximum Gasteiger partial charge on any atom is 0.407 e. The van der Waals surface area contributed by atoms with E-state index < -0.39 is 6.09 Å². The fourth-order valence-corrected chi connectivity index (χ4v) is 4.19. The minimum Gasteiger partial charge on any atom is -0.465 e. The van der Waals surface area contributed by atoms with Crippen molar-refractivity contribution in [1.29, 1.82) is 0 Å². The summed E-state index contributed by atoms with van der Waals surface area (Å²) in [6.45, 7) is 10.8. The smallest absolute Gasteiger partial charge is 0.407 e. The lowest BCUT2D eigenvalue weighted by Crippen LogP contribution is -2.53. The third-order valence-corrected chi connectivity index (χ3v) is 5.91. The van der Waals surface area contributed by atoms with Crippen LogP contribution in [0.1, 0.15) is 35.5 Å². The number of amides is 1. The number of ether oxygens (including phenoxy) is 1. The standard InChI is InChI=1S/C21H30N6O4.2ClH/c1-13-8-16(11-26-5-6-27(21(28)29)14(2)10-26)15(3)17(9-13)23-20-25-24-19(31-20)18-12-30-7-4-22-18;;/h8-9,14,18,22H,4-7,10-12H2,1-3H3,(H,23,25)(H,28,29);2*1H/t14-,18-;;/m0../s1. The van der Waals surface area contributed by atoms with E-state index >= 15 is 0 Å². The molecule has 2 atom stereocenters. The van der Waals surface area contributed by atoms with Crippen molar-refractivity contribution in [3.8, 4) is 0 Å². The minimum absolute atomic E-state index is 0. The number of carbonyl (C=O) groups is 1. The summed E-state index contributed by atoms with van der Waals surface area (Å²) >= 11 is 0. The van der Waals surface area contributed by atoms with Gasteiger partial charge in [-0.1, -0.05) is 11.2 Å². The molecule has 10 nitrogen and oxygen atoms in total. The lowest BCUT2D eigenvalue weighted by molar-refractivity contribution is 0.0683. The number of hydrogen-bond acceptors (Lipinski definition) is 8. The fraction of sp³-hybridized carbons (Fsp3) is 0.571. The Morgan fingerprint density at radius 2 is 2.06 bits per heavy atom. The molecule has 0 saturated carbocycles. The Morgan fingerprint density at radius 3 is 2.73 bits per heavy atom. The number of piperazine rings is 1. The normalized spacial score (nSPS) is 21.1. The number of benzene rings is 1. The van der Waals surface area contributed by atoms with Gasteiger partial charge in [-0.05, 0) is 43.5 Å². The first-order valence-electron chi connectivity index (χ1n) is 10.6. The molecule has 12 heteroatoms. The van der Waals surface area contributed by atoms with Crippen LogP contribution < -0.4 is 10.6 Å². The van der Waals surface area contributed by atoms with E-state index in [2.05, 4.69) is 51.7 Å². The number of anilines is 2. The van der Waals surface area contributed by atoms with Crippen molar-refractivity contribution in [3.63, 3.8) is 0 Å². The molecule has 0 unspecified atom stereocenters. The summed E-state index contributed by atoms with van der Waals surface area (Å²) in [7, 11) is 0. The van der Waals surface area contributed by atoms with Gasteiger partial charge in [0.1, 0.15) is 6.04 Å². The number of nitrogens with one attached hydrogen (secondary N) is 2. The lowest BCUT2D eigenvalue weighted by atomic mass is 10.0. The Bertz CT molecular complexity index is 937. The zero-order chi connectivity index (χ0) is 22.0. The molecule has 3 heterocycles. The van der Waals surface area contributed by atoms with Crippen molar-refractivity contribution >= 4 is 42.6 Å². The molecular weight excluding hydrogens is 471 g/mol. The summed E-state index contributed by atoms with van der Waals surface area (Å²) in [5.74, 6) is 0.512. The molecule has 3 N–H and O–H groups in total. The molecule has 2 aliphatic rings. The van der Waals surface area contributed by atoms with Crippen LogP contribution in [-0.4, -0.2) is 76.6 Å². The van der Waals surface area contributed by atoms with Gasteiger partial charge in [0.15, 0.2) is 0 Å². The van der Waals surface area contributed by atoms with Crippen LogP contribution in [0.2, 0.25) is 0 Å². The highest BCUT2D eigenvalue weighted by atomic mass is 35.5. The molecular formula is C21H32Cl2N6O4.